The molecule has 0 aliphatic carbocycles. The normalized spacial score (nSPS) is 17.1. The third-order valence-electron chi connectivity index (χ3n) is 5.16. The van der Waals surface area contributed by atoms with Gasteiger partial charge in [0.05, 0.1) is 20.9 Å². The van der Waals surface area contributed by atoms with Crippen LogP contribution in [0.25, 0.3) is 22.0 Å². The molecule has 28 heavy (non-hydrogen) atoms. The van der Waals surface area contributed by atoms with Gasteiger partial charge in [0, 0.05) is 19.5 Å². The van der Waals surface area contributed by atoms with Gasteiger partial charge in [0.25, 0.3) is 0 Å². The lowest BCUT2D eigenvalue weighted by molar-refractivity contribution is -0.138. The number of halogens is 2. The maximum atomic E-state index is 11.2. The molecule has 0 spiro atoms. The molecule has 1 aliphatic heterocycles. The predicted octanol–water partition coefficient (Wildman–Crippen LogP) is 5.29. The van der Waals surface area contributed by atoms with E-state index >= 15 is 0 Å². The fourth-order valence-electron chi connectivity index (χ4n) is 3.91. The second-order valence-corrected chi connectivity index (χ2v) is 7.89. The number of hydrogen-bond donors (Lipinski definition) is 1. The number of carboxylic acids is 1. The average Bonchev–Trinajstić information content (AvgIpc) is 2.69. The van der Waals surface area contributed by atoms with Crippen molar-refractivity contribution in [3.05, 3.63) is 52.8 Å². The molecule has 1 fully saturated rings. The maximum absolute atomic E-state index is 11.2. The molecule has 4 rings (SSSR count). The van der Waals surface area contributed by atoms with E-state index in [-0.39, 0.29) is 12.3 Å². The van der Waals surface area contributed by atoms with E-state index in [9.17, 15) is 4.79 Å². The molecular weight excluding hydrogens is 397 g/mol. The van der Waals surface area contributed by atoms with Crippen LogP contribution in [-0.4, -0.2) is 34.1 Å². The van der Waals surface area contributed by atoms with Crippen LogP contribution in [0.4, 0.5) is 5.82 Å². The van der Waals surface area contributed by atoms with Crippen molar-refractivity contribution in [2.75, 3.05) is 18.0 Å². The van der Waals surface area contributed by atoms with E-state index in [1.165, 1.54) is 0 Å². The summed E-state index contributed by atoms with van der Waals surface area (Å²) in [4.78, 5) is 22.4. The van der Waals surface area contributed by atoms with Crippen molar-refractivity contribution >= 4 is 45.9 Å². The molecule has 1 aromatic heterocycles. The molecule has 1 saturated heterocycles. The Hall–Kier alpha value is -2.37. The van der Waals surface area contributed by atoms with Gasteiger partial charge >= 0.3 is 5.97 Å². The highest BCUT2D eigenvalue weighted by Crippen LogP contribution is 2.37. The summed E-state index contributed by atoms with van der Waals surface area (Å²) in [5.41, 5.74) is 2.76. The molecule has 144 valence electrons. The van der Waals surface area contributed by atoms with Crippen LogP contribution < -0.4 is 4.90 Å². The van der Waals surface area contributed by atoms with Crippen LogP contribution in [0.1, 0.15) is 19.3 Å². The number of benzene rings is 2. The first-order chi connectivity index (χ1) is 13.5. The van der Waals surface area contributed by atoms with Gasteiger partial charge in [-0.1, -0.05) is 41.4 Å². The van der Waals surface area contributed by atoms with Crippen LogP contribution >= 0.6 is 23.2 Å². The van der Waals surface area contributed by atoms with E-state index in [0.29, 0.717) is 16.6 Å². The number of anilines is 1. The van der Waals surface area contributed by atoms with Crippen LogP contribution in [-0.2, 0) is 4.79 Å². The van der Waals surface area contributed by atoms with Gasteiger partial charge in [0.1, 0.15) is 12.1 Å². The zero-order chi connectivity index (χ0) is 19.7. The van der Waals surface area contributed by atoms with Crippen LogP contribution in [0.15, 0.2) is 42.7 Å². The molecule has 5 nitrogen and oxygen atoms in total. The Morgan fingerprint density at radius 1 is 1.18 bits per heavy atom. The number of hydrogen-bond acceptors (Lipinski definition) is 4. The molecule has 0 radical (unpaired) electrons. The second kappa shape index (κ2) is 7.94. The zero-order valence-corrected chi connectivity index (χ0v) is 16.6. The fourth-order valence-corrected chi connectivity index (χ4v) is 4.21. The molecule has 1 aliphatic rings. The summed E-state index contributed by atoms with van der Waals surface area (Å²) in [6.07, 6.45) is 3.61. The van der Waals surface area contributed by atoms with Crippen molar-refractivity contribution in [1.29, 1.82) is 0 Å². The van der Waals surface area contributed by atoms with Crippen LogP contribution in [0, 0.1) is 5.92 Å². The molecule has 2 heterocycles. The van der Waals surface area contributed by atoms with Gasteiger partial charge in [-0.2, -0.15) is 0 Å². The Kier molecular flexibility index (Phi) is 5.38. The lowest BCUT2D eigenvalue weighted by atomic mass is 9.94. The van der Waals surface area contributed by atoms with Crippen LogP contribution in [0.5, 0.6) is 0 Å². The summed E-state index contributed by atoms with van der Waals surface area (Å²) >= 11 is 12.3. The standard InChI is InChI=1S/C21H19Cl2N3O2/c22-16-7-6-14(10-17(16)23)15-4-1-5-18-20(15)21(25-12-24-18)26-8-2-3-13(11-26)9-19(27)28/h1,4-7,10,12-13H,2-3,8-9,11H2,(H,27,28)/t13-/m1/s1. The summed E-state index contributed by atoms with van der Waals surface area (Å²) in [7, 11) is 0. The molecule has 0 amide bonds. The molecule has 1 atom stereocenters. The van der Waals surface area contributed by atoms with E-state index in [2.05, 4.69) is 14.9 Å². The number of fused-ring (bicyclic) bond motifs is 1. The van der Waals surface area contributed by atoms with Crippen LogP contribution in [0.2, 0.25) is 10.0 Å². The minimum absolute atomic E-state index is 0.119. The SMILES string of the molecule is O=C(O)C[C@H]1CCCN(c2ncnc3cccc(-c4ccc(Cl)c(Cl)c4)c23)C1. The number of aliphatic carboxylic acids is 1. The summed E-state index contributed by atoms with van der Waals surface area (Å²) in [6, 6.07) is 11.5. The first-order valence-electron chi connectivity index (χ1n) is 9.19. The number of aromatic nitrogens is 2. The molecule has 0 bridgehead atoms. The van der Waals surface area contributed by atoms with Gasteiger partial charge in [0.2, 0.25) is 0 Å². The number of rotatable bonds is 4. The van der Waals surface area contributed by atoms with E-state index < -0.39 is 5.97 Å². The lowest BCUT2D eigenvalue weighted by Gasteiger charge is -2.33. The zero-order valence-electron chi connectivity index (χ0n) is 15.1. The highest BCUT2D eigenvalue weighted by molar-refractivity contribution is 6.42. The first kappa shape index (κ1) is 19.0. The number of carboxylic acid groups (broad SMARTS) is 1. The summed E-state index contributed by atoms with van der Waals surface area (Å²) in [5, 5.41) is 11.1. The van der Waals surface area contributed by atoms with E-state index in [0.717, 1.165) is 47.2 Å². The van der Waals surface area contributed by atoms with Crippen molar-refractivity contribution < 1.29 is 9.90 Å². The van der Waals surface area contributed by atoms with Crippen molar-refractivity contribution in [3.8, 4) is 11.1 Å². The Labute approximate surface area is 172 Å². The van der Waals surface area contributed by atoms with Crippen molar-refractivity contribution in [2.45, 2.75) is 19.3 Å². The third kappa shape index (κ3) is 3.77. The van der Waals surface area contributed by atoms with Gasteiger partial charge in [-0.3, -0.25) is 4.79 Å². The van der Waals surface area contributed by atoms with Crippen LogP contribution in [0.3, 0.4) is 0 Å². The average molecular weight is 416 g/mol. The summed E-state index contributed by atoms with van der Waals surface area (Å²) in [6.45, 7) is 1.52. The van der Waals surface area contributed by atoms with Crippen molar-refractivity contribution in [2.24, 2.45) is 5.92 Å². The topological polar surface area (TPSA) is 66.3 Å². The second-order valence-electron chi connectivity index (χ2n) is 7.08. The fraction of sp³-hybridized carbons (Fsp3) is 0.286. The molecule has 1 N–H and O–H groups in total. The van der Waals surface area contributed by atoms with Gasteiger partial charge in [-0.25, -0.2) is 9.97 Å². The molecule has 7 heteroatoms. The van der Waals surface area contributed by atoms with Gasteiger partial charge in [-0.05, 0) is 48.1 Å². The highest BCUT2D eigenvalue weighted by atomic mass is 35.5. The molecule has 3 aromatic rings. The largest absolute Gasteiger partial charge is 0.481 e. The number of carbonyl (C=O) groups is 1. The Balaban J connectivity index is 1.81. The summed E-state index contributed by atoms with van der Waals surface area (Å²) in [5.74, 6) is 0.200. The predicted molar refractivity (Wildman–Crippen MR) is 112 cm³/mol. The Morgan fingerprint density at radius 3 is 2.82 bits per heavy atom. The minimum atomic E-state index is -0.754. The minimum Gasteiger partial charge on any atom is -0.481 e. The third-order valence-corrected chi connectivity index (χ3v) is 5.89. The quantitative estimate of drug-likeness (QED) is 0.626. The summed E-state index contributed by atoms with van der Waals surface area (Å²) < 4.78 is 0. The van der Waals surface area contributed by atoms with Gasteiger partial charge in [0.15, 0.2) is 0 Å². The van der Waals surface area contributed by atoms with Gasteiger partial charge < -0.3 is 10.0 Å². The number of piperidine rings is 1. The number of nitrogens with zero attached hydrogens (tertiary/aromatic N) is 3. The van der Waals surface area contributed by atoms with Crippen molar-refractivity contribution in [3.63, 3.8) is 0 Å². The van der Waals surface area contributed by atoms with E-state index in [1.807, 2.05) is 30.3 Å². The highest BCUT2D eigenvalue weighted by Gasteiger charge is 2.25. The Bertz CT molecular complexity index is 1040. The molecular formula is C21H19Cl2N3O2. The van der Waals surface area contributed by atoms with E-state index in [4.69, 9.17) is 28.3 Å². The Morgan fingerprint density at radius 2 is 2.04 bits per heavy atom. The molecule has 0 unspecified atom stereocenters. The lowest BCUT2D eigenvalue weighted by Crippen LogP contribution is -2.37. The van der Waals surface area contributed by atoms with E-state index in [1.54, 1.807) is 12.4 Å². The monoisotopic (exact) mass is 415 g/mol. The van der Waals surface area contributed by atoms with Crippen molar-refractivity contribution in [1.82, 2.24) is 9.97 Å². The molecule has 2 aromatic carbocycles. The maximum Gasteiger partial charge on any atom is 0.303 e. The molecule has 0 saturated carbocycles. The first-order valence-corrected chi connectivity index (χ1v) is 9.94. The smallest absolute Gasteiger partial charge is 0.303 e. The van der Waals surface area contributed by atoms with Gasteiger partial charge in [-0.15, -0.1) is 0 Å².